The summed E-state index contributed by atoms with van der Waals surface area (Å²) < 4.78 is 13.1. The number of nitrogens with zero attached hydrogens (tertiary/aromatic N) is 2. The van der Waals surface area contributed by atoms with Crippen molar-refractivity contribution in [2.45, 2.75) is 52.7 Å². The highest BCUT2D eigenvalue weighted by Gasteiger charge is 2.24. The molecule has 0 fully saturated rings. The quantitative estimate of drug-likeness (QED) is 0.420. The zero-order chi connectivity index (χ0) is 23.0. The molecule has 1 N–H and O–H groups in total. The van der Waals surface area contributed by atoms with Gasteiger partial charge in [0.1, 0.15) is 18.2 Å². The molecule has 1 heterocycles. The van der Waals surface area contributed by atoms with Crippen LogP contribution in [-0.2, 0) is 9.47 Å². The van der Waals surface area contributed by atoms with Crippen LogP contribution in [0.1, 0.15) is 41.5 Å². The summed E-state index contributed by atoms with van der Waals surface area (Å²) in [6, 6.07) is 11.1. The molecule has 0 aromatic heterocycles. The monoisotopic (exact) mass is 442 g/mol. The number of aromatic nitrogens is 1. The Labute approximate surface area is 185 Å². The molecule has 1 aromatic carbocycles. The Hall–Kier alpha value is -3.00. The molecule has 8 heteroatoms. The third kappa shape index (κ3) is 6.01. The number of fused-ring (bicyclic) bond motifs is 2. The van der Waals surface area contributed by atoms with Crippen LogP contribution in [0.5, 0.6) is 0 Å². The molecular formula is C23H28N3O4S+. The molecule has 1 aliphatic heterocycles. The van der Waals surface area contributed by atoms with Crippen LogP contribution < -0.4 is 15.2 Å². The number of amides is 2. The molecule has 0 radical (unpaired) electrons. The van der Waals surface area contributed by atoms with E-state index in [4.69, 9.17) is 14.5 Å². The molecule has 1 aromatic rings. The van der Waals surface area contributed by atoms with Gasteiger partial charge in [0.25, 0.3) is 0 Å². The number of benzene rings is 2. The molecule has 7 nitrogen and oxygen atoms in total. The topological polar surface area (TPSA) is 80.5 Å². The van der Waals surface area contributed by atoms with E-state index < -0.39 is 23.4 Å². The highest BCUT2D eigenvalue weighted by Crippen LogP contribution is 2.31. The van der Waals surface area contributed by atoms with Gasteiger partial charge in [-0.15, -0.1) is 15.9 Å². The number of nitrogens with one attached hydrogen (secondary N) is 1. The van der Waals surface area contributed by atoms with Crippen molar-refractivity contribution >= 4 is 39.4 Å². The first-order chi connectivity index (χ1) is 14.3. The summed E-state index contributed by atoms with van der Waals surface area (Å²) >= 11 is 1.53. The van der Waals surface area contributed by atoms with Gasteiger partial charge < -0.3 is 9.47 Å². The summed E-state index contributed by atoms with van der Waals surface area (Å²) in [7, 11) is 1.68. The standard InChI is InChI=1S/C23H27N3O4S/c1-22(2,3)29-20(27)24-14-8-10-16-18(12-14)31-19-13-15(9-11-17(19)25-16)26(7)21(28)30-23(4,5)6/h8-13H,1-7H3/p+1. The van der Waals surface area contributed by atoms with Gasteiger partial charge in [-0.1, -0.05) is 0 Å². The Kier molecular flexibility index (Phi) is 6.04. The fraction of sp³-hybridized carbons (Fsp3) is 0.391. The summed E-state index contributed by atoms with van der Waals surface area (Å²) in [4.78, 5) is 30.1. The number of carbonyl (C=O) groups excluding carboxylic acids is 2. The first-order valence-corrected chi connectivity index (χ1v) is 10.8. The fourth-order valence-electron chi connectivity index (χ4n) is 2.76. The molecular weight excluding hydrogens is 414 g/mol. The first-order valence-electron chi connectivity index (χ1n) is 9.95. The van der Waals surface area contributed by atoms with E-state index >= 15 is 0 Å². The lowest BCUT2D eigenvalue weighted by molar-refractivity contribution is 0.0497. The van der Waals surface area contributed by atoms with Gasteiger partial charge in [0.05, 0.1) is 20.8 Å². The molecule has 2 amide bonds. The second-order valence-electron chi connectivity index (χ2n) is 9.21. The van der Waals surface area contributed by atoms with Crippen molar-refractivity contribution in [2.24, 2.45) is 0 Å². The Balaban J connectivity index is 1.98. The molecule has 0 saturated heterocycles. The van der Waals surface area contributed by atoms with Crippen LogP contribution in [0.4, 0.5) is 15.3 Å². The van der Waals surface area contributed by atoms with E-state index in [-0.39, 0.29) is 0 Å². The smallest absolute Gasteiger partial charge is 0.444 e. The largest absolute Gasteiger partial charge is 0.597 e. The van der Waals surface area contributed by atoms with Crippen LogP contribution in [0, 0.1) is 0 Å². The van der Waals surface area contributed by atoms with Gasteiger partial charge in [0.2, 0.25) is 5.36 Å². The molecule has 0 saturated carbocycles. The Morgan fingerprint density at radius 1 is 0.968 bits per heavy atom. The predicted octanol–water partition coefficient (Wildman–Crippen LogP) is 5.09. The van der Waals surface area contributed by atoms with E-state index in [1.165, 1.54) is 15.9 Å². The predicted molar refractivity (Wildman–Crippen MR) is 124 cm³/mol. The maximum absolute atomic E-state index is 12.4. The van der Waals surface area contributed by atoms with E-state index in [0.717, 1.165) is 20.8 Å². The first kappa shape index (κ1) is 22.7. The summed E-state index contributed by atoms with van der Waals surface area (Å²) in [5, 5.41) is 3.46. The van der Waals surface area contributed by atoms with Crippen molar-refractivity contribution < 1.29 is 19.1 Å². The number of anilines is 1. The molecule has 164 valence electrons. The number of rotatable bonds is 1. The van der Waals surface area contributed by atoms with Crippen LogP contribution in [0.3, 0.4) is 0 Å². The van der Waals surface area contributed by atoms with E-state index in [2.05, 4.69) is 5.32 Å². The second-order valence-corrected chi connectivity index (χ2v) is 10.3. The van der Waals surface area contributed by atoms with Crippen molar-refractivity contribution in [3.8, 4) is 10.6 Å². The van der Waals surface area contributed by atoms with Crippen LogP contribution in [0.2, 0.25) is 0 Å². The summed E-state index contributed by atoms with van der Waals surface area (Å²) in [5.41, 5.74) is 1.13. The number of hydrogen-bond donors (Lipinski definition) is 1. The summed E-state index contributed by atoms with van der Waals surface area (Å²) in [6.07, 6.45) is -0.929. The minimum atomic E-state index is -0.572. The SMILES string of the molecule is C/[N+](C(=O)OC(C)(C)C)=c1/ccc2nc3ccc(NC(=O)OC(C)(C)C)cc3sc-2c1. The van der Waals surface area contributed by atoms with Crippen LogP contribution in [0.25, 0.3) is 20.8 Å². The lowest BCUT2D eigenvalue weighted by Crippen LogP contribution is -2.37. The van der Waals surface area contributed by atoms with Gasteiger partial charge in [-0.2, -0.15) is 4.79 Å². The summed E-state index contributed by atoms with van der Waals surface area (Å²) in [6.45, 7) is 10.9. The third-order valence-corrected chi connectivity index (χ3v) is 5.16. The normalized spacial score (nSPS) is 13.1. The number of carbonyl (C=O) groups is 2. The van der Waals surface area contributed by atoms with Gasteiger partial charge in [-0.3, -0.25) is 5.32 Å². The molecule has 31 heavy (non-hydrogen) atoms. The van der Waals surface area contributed by atoms with Gasteiger partial charge in [0, 0.05) is 17.8 Å². The fourth-order valence-corrected chi connectivity index (χ4v) is 3.80. The zero-order valence-corrected chi connectivity index (χ0v) is 19.7. The summed E-state index contributed by atoms with van der Waals surface area (Å²) in [5.74, 6) is 0. The van der Waals surface area contributed by atoms with Crippen molar-refractivity contribution in [3.05, 3.63) is 41.8 Å². The highest BCUT2D eigenvalue weighted by atomic mass is 32.1. The molecule has 0 unspecified atom stereocenters. The van der Waals surface area contributed by atoms with Crippen molar-refractivity contribution in [1.82, 2.24) is 9.56 Å². The Bertz CT molecular complexity index is 1190. The van der Waals surface area contributed by atoms with E-state index in [1.54, 1.807) is 13.1 Å². The minimum Gasteiger partial charge on any atom is -0.444 e. The van der Waals surface area contributed by atoms with Gasteiger partial charge in [0.15, 0.2) is 0 Å². The van der Waals surface area contributed by atoms with Crippen molar-refractivity contribution in [1.29, 1.82) is 0 Å². The van der Waals surface area contributed by atoms with E-state index in [1.807, 2.05) is 71.9 Å². The number of hydrogen-bond acceptors (Lipinski definition) is 6. The maximum Gasteiger partial charge on any atom is 0.597 e. The highest BCUT2D eigenvalue weighted by molar-refractivity contribution is 7.21. The molecule has 3 rings (SSSR count). The van der Waals surface area contributed by atoms with Gasteiger partial charge in [-0.05, 0) is 65.8 Å². The molecule has 2 aliphatic rings. The molecule has 0 bridgehead atoms. The average molecular weight is 443 g/mol. The third-order valence-electron chi connectivity index (χ3n) is 4.06. The zero-order valence-electron chi connectivity index (χ0n) is 18.9. The van der Waals surface area contributed by atoms with Crippen molar-refractivity contribution in [3.63, 3.8) is 0 Å². The maximum atomic E-state index is 12.4. The van der Waals surface area contributed by atoms with E-state index in [0.29, 0.717) is 11.0 Å². The molecule has 0 atom stereocenters. The van der Waals surface area contributed by atoms with Gasteiger partial charge in [-0.25, -0.2) is 9.78 Å². The van der Waals surface area contributed by atoms with Crippen molar-refractivity contribution in [2.75, 3.05) is 12.4 Å². The van der Waals surface area contributed by atoms with E-state index in [9.17, 15) is 9.59 Å². The van der Waals surface area contributed by atoms with Gasteiger partial charge >= 0.3 is 12.2 Å². The Morgan fingerprint density at radius 2 is 1.65 bits per heavy atom. The lowest BCUT2D eigenvalue weighted by atomic mass is 10.2. The van der Waals surface area contributed by atoms with Crippen LogP contribution in [0.15, 0.2) is 36.4 Å². The van der Waals surface area contributed by atoms with Crippen LogP contribution in [-0.4, -0.2) is 35.4 Å². The lowest BCUT2D eigenvalue weighted by Gasteiger charge is -2.19. The minimum absolute atomic E-state index is 0.422. The molecule has 1 aliphatic carbocycles. The molecule has 0 spiro atoms. The number of ether oxygens (including phenoxy) is 2. The van der Waals surface area contributed by atoms with Crippen LogP contribution >= 0.6 is 11.3 Å². The average Bonchev–Trinajstić information content (AvgIpc) is 2.62. The Morgan fingerprint density at radius 3 is 2.29 bits per heavy atom. The second kappa shape index (κ2) is 8.26.